The minimum atomic E-state index is -3.77. The van der Waals surface area contributed by atoms with Crippen molar-refractivity contribution in [3.63, 3.8) is 0 Å². The van der Waals surface area contributed by atoms with Crippen LogP contribution in [-0.4, -0.2) is 57.0 Å². The Hall–Kier alpha value is -2.46. The maximum absolute atomic E-state index is 12.5. The summed E-state index contributed by atoms with van der Waals surface area (Å²) < 4.78 is 35.4. The van der Waals surface area contributed by atoms with E-state index in [1.165, 1.54) is 42.5 Å². The maximum atomic E-state index is 12.5. The highest BCUT2D eigenvalue weighted by Gasteiger charge is 2.25. The third-order valence-corrected chi connectivity index (χ3v) is 5.57. The number of esters is 1. The summed E-state index contributed by atoms with van der Waals surface area (Å²) in [5.41, 5.74) is -0.0408. The van der Waals surface area contributed by atoms with E-state index >= 15 is 0 Å². The molecule has 144 valence electrons. The molecule has 0 bridgehead atoms. The second-order valence-electron chi connectivity index (χ2n) is 5.67. The largest absolute Gasteiger partial charge is 0.453 e. The van der Waals surface area contributed by atoms with E-state index in [9.17, 15) is 22.8 Å². The van der Waals surface area contributed by atoms with E-state index in [1.54, 1.807) is 13.8 Å². The number of hydrogen-bond acceptors (Lipinski definition) is 7. The van der Waals surface area contributed by atoms with E-state index < -0.39 is 34.1 Å². The van der Waals surface area contributed by atoms with Crippen LogP contribution in [0.15, 0.2) is 29.2 Å². The molecule has 1 N–H and O–H groups in total. The Bertz CT molecular complexity index is 790. The number of carbonyl (C=O) groups excluding carboxylic acids is 3. The van der Waals surface area contributed by atoms with Crippen LogP contribution in [0.5, 0.6) is 0 Å². The lowest BCUT2D eigenvalue weighted by molar-refractivity contribution is -0.128. The molecule has 0 saturated heterocycles. The van der Waals surface area contributed by atoms with Crippen LogP contribution >= 0.6 is 0 Å². The van der Waals surface area contributed by atoms with Gasteiger partial charge in [-0.2, -0.15) is 4.31 Å². The fourth-order valence-electron chi connectivity index (χ4n) is 1.76. The zero-order valence-corrected chi connectivity index (χ0v) is 16.0. The van der Waals surface area contributed by atoms with E-state index in [4.69, 9.17) is 4.74 Å². The summed E-state index contributed by atoms with van der Waals surface area (Å²) in [4.78, 5) is 34.8. The van der Waals surface area contributed by atoms with Crippen molar-refractivity contribution in [2.45, 2.75) is 37.8 Å². The predicted octanol–water partition coefficient (Wildman–Crippen LogP) is 1.14. The van der Waals surface area contributed by atoms with Crippen molar-refractivity contribution in [3.8, 4) is 0 Å². The minimum absolute atomic E-state index is 0.0408. The number of nitrogens with zero attached hydrogens (tertiary/aromatic N) is 1. The number of amides is 2. The molecule has 1 aromatic rings. The van der Waals surface area contributed by atoms with E-state index in [2.05, 4.69) is 4.74 Å². The van der Waals surface area contributed by atoms with Crippen LogP contribution < -0.4 is 5.32 Å². The van der Waals surface area contributed by atoms with Crippen LogP contribution in [0.3, 0.4) is 0 Å². The molecule has 1 aromatic carbocycles. The molecule has 0 aromatic heterocycles. The number of ether oxygens (including phenoxy) is 2. The SMILES string of the molecule is COC(=O)NC(=O)[C@H](C)OC(=O)c1cccc(S(=O)(=O)N(C)C(C)C)c1. The van der Waals surface area contributed by atoms with Gasteiger partial charge in [0.1, 0.15) is 0 Å². The quantitative estimate of drug-likeness (QED) is 0.728. The first-order chi connectivity index (χ1) is 12.0. The summed E-state index contributed by atoms with van der Waals surface area (Å²) in [7, 11) is -1.26. The molecule has 10 heteroatoms. The Morgan fingerprint density at radius 3 is 2.31 bits per heavy atom. The van der Waals surface area contributed by atoms with Crippen molar-refractivity contribution < 1.29 is 32.3 Å². The standard InChI is InChI=1S/C16H22N2O7S/c1-10(2)18(4)26(22,23)13-8-6-7-12(9-13)15(20)25-11(3)14(19)17-16(21)24-5/h6-11H,1-5H3,(H,17,19,21)/t11-/m0/s1. The highest BCUT2D eigenvalue weighted by molar-refractivity contribution is 7.89. The molecular weight excluding hydrogens is 364 g/mol. The maximum Gasteiger partial charge on any atom is 0.413 e. The molecule has 0 aliphatic heterocycles. The number of imide groups is 1. The van der Waals surface area contributed by atoms with Crippen LogP contribution in [0.1, 0.15) is 31.1 Å². The first kappa shape index (κ1) is 21.6. The first-order valence-electron chi connectivity index (χ1n) is 7.68. The van der Waals surface area contributed by atoms with Gasteiger partial charge in [-0.3, -0.25) is 10.1 Å². The first-order valence-corrected chi connectivity index (χ1v) is 9.12. The predicted molar refractivity (Wildman–Crippen MR) is 92.0 cm³/mol. The van der Waals surface area contributed by atoms with Gasteiger partial charge < -0.3 is 9.47 Å². The molecule has 1 atom stereocenters. The summed E-state index contributed by atoms with van der Waals surface area (Å²) in [5.74, 6) is -1.77. The van der Waals surface area contributed by atoms with E-state index in [0.29, 0.717) is 0 Å². The fourth-order valence-corrected chi connectivity index (χ4v) is 3.18. The third kappa shape index (κ3) is 5.27. The lowest BCUT2D eigenvalue weighted by atomic mass is 10.2. The number of nitrogens with one attached hydrogen (secondary N) is 1. The molecule has 0 unspecified atom stereocenters. The lowest BCUT2D eigenvalue weighted by Crippen LogP contribution is -2.39. The summed E-state index contributed by atoms with van der Waals surface area (Å²) in [5, 5.41) is 1.87. The van der Waals surface area contributed by atoms with Crippen LogP contribution in [0.25, 0.3) is 0 Å². The summed E-state index contributed by atoms with van der Waals surface area (Å²) in [6.45, 7) is 4.71. The molecule has 0 aliphatic carbocycles. The smallest absolute Gasteiger partial charge is 0.413 e. The molecule has 0 saturated carbocycles. The normalized spacial score (nSPS) is 12.6. The summed E-state index contributed by atoms with van der Waals surface area (Å²) in [6.07, 6.45) is -2.26. The molecule has 2 amide bonds. The van der Waals surface area contributed by atoms with E-state index in [0.717, 1.165) is 7.11 Å². The average molecular weight is 386 g/mol. The molecule has 9 nitrogen and oxygen atoms in total. The van der Waals surface area contributed by atoms with Crippen molar-refractivity contribution in [2.75, 3.05) is 14.2 Å². The van der Waals surface area contributed by atoms with Gasteiger partial charge in [-0.1, -0.05) is 6.07 Å². The van der Waals surface area contributed by atoms with Crippen LogP contribution in [0.2, 0.25) is 0 Å². The molecule has 1 rings (SSSR count). The fraction of sp³-hybridized carbons (Fsp3) is 0.438. The summed E-state index contributed by atoms with van der Waals surface area (Å²) in [6, 6.07) is 5.02. The Kier molecular flexibility index (Phi) is 7.28. The van der Waals surface area contributed by atoms with Gasteiger partial charge in [0.25, 0.3) is 5.91 Å². The van der Waals surface area contributed by atoms with Gasteiger partial charge in [0.05, 0.1) is 17.6 Å². The van der Waals surface area contributed by atoms with Gasteiger partial charge in [-0.25, -0.2) is 18.0 Å². The van der Waals surface area contributed by atoms with Crippen molar-refractivity contribution in [1.82, 2.24) is 9.62 Å². The number of methoxy groups -OCH3 is 1. The van der Waals surface area contributed by atoms with Crippen LogP contribution in [0, 0.1) is 0 Å². The second kappa shape index (κ2) is 8.77. The number of benzene rings is 1. The summed E-state index contributed by atoms with van der Waals surface area (Å²) >= 11 is 0. The number of alkyl carbamates (subject to hydrolysis) is 1. The molecule has 0 radical (unpaired) electrons. The number of rotatable bonds is 6. The zero-order valence-electron chi connectivity index (χ0n) is 15.2. The third-order valence-electron chi connectivity index (χ3n) is 3.54. The molecule has 0 spiro atoms. The minimum Gasteiger partial charge on any atom is -0.453 e. The highest BCUT2D eigenvalue weighted by Crippen LogP contribution is 2.18. The molecule has 0 aliphatic rings. The van der Waals surface area contributed by atoms with Crippen molar-refractivity contribution in [1.29, 1.82) is 0 Å². The van der Waals surface area contributed by atoms with Gasteiger partial charge in [0.15, 0.2) is 6.10 Å². The molecule has 0 fully saturated rings. The van der Waals surface area contributed by atoms with Crippen molar-refractivity contribution >= 4 is 28.0 Å². The number of hydrogen-bond donors (Lipinski definition) is 1. The van der Waals surface area contributed by atoms with Gasteiger partial charge in [-0.15, -0.1) is 0 Å². The van der Waals surface area contributed by atoms with Crippen LogP contribution in [0.4, 0.5) is 4.79 Å². The average Bonchev–Trinajstić information content (AvgIpc) is 2.60. The van der Waals surface area contributed by atoms with E-state index in [1.807, 2.05) is 5.32 Å². The van der Waals surface area contributed by atoms with Crippen LogP contribution in [-0.2, 0) is 24.3 Å². The Labute approximate surface area is 152 Å². The molecule has 0 heterocycles. The van der Waals surface area contributed by atoms with E-state index in [-0.39, 0.29) is 16.5 Å². The molecule has 26 heavy (non-hydrogen) atoms. The van der Waals surface area contributed by atoms with Crippen molar-refractivity contribution in [3.05, 3.63) is 29.8 Å². The lowest BCUT2D eigenvalue weighted by Gasteiger charge is -2.21. The van der Waals surface area contributed by atoms with Gasteiger partial charge in [0.2, 0.25) is 10.0 Å². The highest BCUT2D eigenvalue weighted by atomic mass is 32.2. The van der Waals surface area contributed by atoms with Crippen molar-refractivity contribution in [2.24, 2.45) is 0 Å². The zero-order chi connectivity index (χ0) is 20.1. The number of sulfonamides is 1. The Morgan fingerprint density at radius 2 is 1.77 bits per heavy atom. The Balaban J connectivity index is 2.96. The molecular formula is C16H22N2O7S. The topological polar surface area (TPSA) is 119 Å². The monoisotopic (exact) mass is 386 g/mol. The van der Waals surface area contributed by atoms with Gasteiger partial charge in [-0.05, 0) is 39.0 Å². The van der Waals surface area contributed by atoms with Gasteiger partial charge >= 0.3 is 12.1 Å². The Morgan fingerprint density at radius 1 is 1.15 bits per heavy atom. The second-order valence-corrected chi connectivity index (χ2v) is 7.67. The number of carbonyl (C=O) groups is 3. The van der Waals surface area contributed by atoms with Gasteiger partial charge in [0, 0.05) is 13.1 Å².